The largest absolute Gasteiger partial charge is 0.299 e. The fourth-order valence-corrected chi connectivity index (χ4v) is 4.50. The van der Waals surface area contributed by atoms with Crippen molar-refractivity contribution in [2.24, 2.45) is 5.92 Å². The maximum atomic E-state index is 13.3. The van der Waals surface area contributed by atoms with Gasteiger partial charge >= 0.3 is 0 Å². The lowest BCUT2D eigenvalue weighted by atomic mass is 9.98. The highest BCUT2D eigenvalue weighted by Crippen LogP contribution is 2.19. The zero-order chi connectivity index (χ0) is 18.6. The molecule has 2 aromatic carbocycles. The molecule has 1 N–H and O–H groups in total. The third-order valence-corrected chi connectivity index (χ3v) is 6.23. The Morgan fingerprint density at radius 1 is 1.19 bits per heavy atom. The van der Waals surface area contributed by atoms with Crippen molar-refractivity contribution < 1.29 is 12.8 Å². The molecule has 0 saturated carbocycles. The normalized spacial score (nSPS) is 18.8. The van der Waals surface area contributed by atoms with Gasteiger partial charge < -0.3 is 0 Å². The Balaban J connectivity index is 1.55. The van der Waals surface area contributed by atoms with E-state index in [-0.39, 0.29) is 11.7 Å². The zero-order valence-corrected chi connectivity index (χ0v) is 15.8. The number of aryl methyl sites for hydroxylation is 1. The van der Waals surface area contributed by atoms with Gasteiger partial charge in [0.15, 0.2) is 0 Å². The van der Waals surface area contributed by atoms with E-state index in [0.29, 0.717) is 18.0 Å². The number of hydrogen-bond donors (Lipinski definition) is 1. The van der Waals surface area contributed by atoms with Gasteiger partial charge in [-0.25, -0.2) is 17.5 Å². The number of hydrogen-bond acceptors (Lipinski definition) is 3. The van der Waals surface area contributed by atoms with Gasteiger partial charge in [0.1, 0.15) is 5.82 Å². The smallest absolute Gasteiger partial charge is 0.240 e. The number of nitrogens with one attached hydrogen (secondary N) is 1. The van der Waals surface area contributed by atoms with E-state index in [1.807, 2.05) is 13.0 Å². The van der Waals surface area contributed by atoms with Gasteiger partial charge in [-0.1, -0.05) is 29.8 Å². The summed E-state index contributed by atoms with van der Waals surface area (Å²) in [5.41, 5.74) is 1.98. The second-order valence-corrected chi connectivity index (χ2v) is 8.81. The number of nitrogens with zero attached hydrogens (tertiary/aromatic N) is 1. The van der Waals surface area contributed by atoms with Gasteiger partial charge in [-0.05, 0) is 62.1 Å². The third-order valence-electron chi connectivity index (χ3n) is 4.79. The first-order valence-corrected chi connectivity index (χ1v) is 10.4. The van der Waals surface area contributed by atoms with Crippen molar-refractivity contribution in [1.29, 1.82) is 0 Å². The van der Waals surface area contributed by atoms with Crippen LogP contribution < -0.4 is 4.72 Å². The maximum absolute atomic E-state index is 13.3. The van der Waals surface area contributed by atoms with Crippen LogP contribution in [0.15, 0.2) is 53.4 Å². The lowest BCUT2D eigenvalue weighted by Crippen LogP contribution is -2.40. The van der Waals surface area contributed by atoms with Crippen LogP contribution in [0.25, 0.3) is 0 Å². The molecule has 4 nitrogen and oxygen atoms in total. The summed E-state index contributed by atoms with van der Waals surface area (Å²) >= 11 is 0. The summed E-state index contributed by atoms with van der Waals surface area (Å²) in [6, 6.07) is 13.5. The summed E-state index contributed by atoms with van der Waals surface area (Å²) in [5.74, 6) is 0.0412. The Hall–Kier alpha value is -1.76. The van der Waals surface area contributed by atoms with Crippen molar-refractivity contribution in [3.63, 3.8) is 0 Å². The standard InChI is InChI=1S/C20H25FN2O2S/c1-16-7-9-20(10-8-16)26(24,25)22-13-18-5-3-11-23(15-18)14-17-4-2-6-19(21)12-17/h2,4,6-10,12,18,22H,3,5,11,13-15H2,1H3. The van der Waals surface area contributed by atoms with Gasteiger partial charge in [-0.3, -0.25) is 4.90 Å². The van der Waals surface area contributed by atoms with Gasteiger partial charge in [-0.2, -0.15) is 0 Å². The number of likely N-dealkylation sites (tertiary alicyclic amines) is 1. The van der Waals surface area contributed by atoms with Crippen LogP contribution in [0.2, 0.25) is 0 Å². The summed E-state index contributed by atoms with van der Waals surface area (Å²) in [4.78, 5) is 2.57. The molecule has 1 aliphatic heterocycles. The van der Waals surface area contributed by atoms with Crippen LogP contribution in [0.4, 0.5) is 4.39 Å². The Labute approximate surface area is 155 Å². The number of benzene rings is 2. The minimum absolute atomic E-state index is 0.220. The van der Waals surface area contributed by atoms with Gasteiger partial charge in [0, 0.05) is 19.6 Å². The summed E-state index contributed by atoms with van der Waals surface area (Å²) in [7, 11) is -3.48. The van der Waals surface area contributed by atoms with E-state index < -0.39 is 10.0 Å². The monoisotopic (exact) mass is 376 g/mol. The predicted octanol–water partition coefficient (Wildman–Crippen LogP) is 3.32. The molecular weight excluding hydrogens is 351 g/mol. The topological polar surface area (TPSA) is 49.4 Å². The van der Waals surface area contributed by atoms with Gasteiger partial charge in [-0.15, -0.1) is 0 Å². The molecule has 0 bridgehead atoms. The Bertz CT molecular complexity index is 837. The second kappa shape index (κ2) is 8.29. The van der Waals surface area contributed by atoms with Crippen LogP contribution in [0.1, 0.15) is 24.0 Å². The lowest BCUT2D eigenvalue weighted by Gasteiger charge is -2.32. The van der Waals surface area contributed by atoms with E-state index in [4.69, 9.17) is 0 Å². The van der Waals surface area contributed by atoms with Crippen LogP contribution in [-0.4, -0.2) is 33.0 Å². The number of piperidine rings is 1. The lowest BCUT2D eigenvalue weighted by molar-refractivity contribution is 0.168. The molecule has 2 aromatic rings. The number of rotatable bonds is 6. The van der Waals surface area contributed by atoms with E-state index in [2.05, 4.69) is 9.62 Å². The van der Waals surface area contributed by atoms with Gasteiger partial charge in [0.25, 0.3) is 0 Å². The van der Waals surface area contributed by atoms with Crippen molar-refractivity contribution in [3.05, 3.63) is 65.5 Å². The molecule has 1 fully saturated rings. The van der Waals surface area contributed by atoms with Gasteiger partial charge in [0.2, 0.25) is 10.0 Å². The summed E-state index contributed by atoms with van der Waals surface area (Å²) < 4.78 is 40.9. The summed E-state index contributed by atoms with van der Waals surface area (Å²) in [6.07, 6.45) is 2.02. The van der Waals surface area contributed by atoms with Crippen LogP contribution in [0.5, 0.6) is 0 Å². The minimum Gasteiger partial charge on any atom is -0.299 e. The predicted molar refractivity (Wildman–Crippen MR) is 101 cm³/mol. The highest BCUT2D eigenvalue weighted by molar-refractivity contribution is 7.89. The molecule has 3 rings (SSSR count). The van der Waals surface area contributed by atoms with E-state index in [1.54, 1.807) is 36.4 Å². The fraction of sp³-hybridized carbons (Fsp3) is 0.400. The molecule has 0 amide bonds. The molecule has 0 spiro atoms. The SMILES string of the molecule is Cc1ccc(S(=O)(=O)NCC2CCCN(Cc3cccc(F)c3)C2)cc1. The molecule has 1 unspecified atom stereocenters. The second-order valence-electron chi connectivity index (χ2n) is 7.04. The molecule has 26 heavy (non-hydrogen) atoms. The molecule has 0 aromatic heterocycles. The van der Waals surface area contributed by atoms with E-state index in [1.165, 1.54) is 6.07 Å². The fourth-order valence-electron chi connectivity index (χ4n) is 3.38. The van der Waals surface area contributed by atoms with E-state index >= 15 is 0 Å². The highest BCUT2D eigenvalue weighted by Gasteiger charge is 2.22. The number of halogens is 1. The molecule has 1 aliphatic rings. The van der Waals surface area contributed by atoms with Crippen LogP contribution in [-0.2, 0) is 16.6 Å². The molecule has 6 heteroatoms. The number of sulfonamides is 1. The first-order valence-electron chi connectivity index (χ1n) is 8.95. The summed E-state index contributed by atoms with van der Waals surface area (Å²) in [5, 5.41) is 0. The van der Waals surface area contributed by atoms with Crippen molar-refractivity contribution in [3.8, 4) is 0 Å². The summed E-state index contributed by atoms with van der Waals surface area (Å²) in [6.45, 7) is 4.82. The third kappa shape index (κ3) is 5.13. The maximum Gasteiger partial charge on any atom is 0.240 e. The Morgan fingerprint density at radius 3 is 2.69 bits per heavy atom. The molecule has 1 saturated heterocycles. The van der Waals surface area contributed by atoms with Crippen LogP contribution >= 0.6 is 0 Å². The molecular formula is C20H25FN2O2S. The van der Waals surface area contributed by atoms with E-state index in [9.17, 15) is 12.8 Å². The molecule has 140 valence electrons. The first-order chi connectivity index (χ1) is 12.4. The Kier molecular flexibility index (Phi) is 6.06. The highest BCUT2D eigenvalue weighted by atomic mass is 32.2. The average molecular weight is 376 g/mol. The molecule has 1 heterocycles. The zero-order valence-electron chi connectivity index (χ0n) is 15.0. The van der Waals surface area contributed by atoms with Crippen molar-refractivity contribution in [2.45, 2.75) is 31.2 Å². The van der Waals surface area contributed by atoms with Gasteiger partial charge in [0.05, 0.1) is 4.90 Å². The minimum atomic E-state index is -3.48. The quantitative estimate of drug-likeness (QED) is 0.841. The molecule has 0 radical (unpaired) electrons. The Morgan fingerprint density at radius 2 is 1.96 bits per heavy atom. The molecule has 0 aliphatic carbocycles. The van der Waals surface area contributed by atoms with Crippen molar-refractivity contribution >= 4 is 10.0 Å². The molecule has 1 atom stereocenters. The first kappa shape index (κ1) is 19.0. The van der Waals surface area contributed by atoms with Crippen LogP contribution in [0.3, 0.4) is 0 Å². The van der Waals surface area contributed by atoms with Crippen LogP contribution in [0, 0.1) is 18.7 Å². The average Bonchev–Trinajstić information content (AvgIpc) is 2.61. The van der Waals surface area contributed by atoms with Crippen molar-refractivity contribution in [1.82, 2.24) is 9.62 Å². The van der Waals surface area contributed by atoms with E-state index in [0.717, 1.165) is 37.1 Å². The van der Waals surface area contributed by atoms with Crippen molar-refractivity contribution in [2.75, 3.05) is 19.6 Å².